The summed E-state index contributed by atoms with van der Waals surface area (Å²) in [5, 5.41) is 0. The van der Waals surface area contributed by atoms with E-state index in [0.29, 0.717) is 5.41 Å². The molecule has 3 heteroatoms. The van der Waals surface area contributed by atoms with E-state index < -0.39 is 0 Å². The highest BCUT2D eigenvalue weighted by Gasteiger charge is 2.34. The quantitative estimate of drug-likeness (QED) is 0.741. The molecule has 2 heterocycles. The lowest BCUT2D eigenvalue weighted by Gasteiger charge is -2.39. The zero-order chi connectivity index (χ0) is 10.7. The average molecular weight is 212 g/mol. The molecule has 2 N–H and O–H groups in total. The van der Waals surface area contributed by atoms with E-state index >= 15 is 0 Å². The highest BCUT2D eigenvalue weighted by atomic mass is 16.5. The molecule has 88 valence electrons. The van der Waals surface area contributed by atoms with E-state index in [1.165, 1.54) is 38.9 Å². The van der Waals surface area contributed by atoms with Crippen LogP contribution in [0, 0.1) is 11.3 Å². The zero-order valence-electron chi connectivity index (χ0n) is 9.87. The van der Waals surface area contributed by atoms with Crippen LogP contribution in [-0.4, -0.2) is 44.3 Å². The molecule has 2 aliphatic rings. The number of nitrogens with two attached hydrogens (primary N) is 1. The molecule has 2 rings (SSSR count). The fraction of sp³-hybridized carbons (Fsp3) is 1.00. The van der Waals surface area contributed by atoms with Crippen molar-refractivity contribution in [1.29, 1.82) is 0 Å². The summed E-state index contributed by atoms with van der Waals surface area (Å²) in [6, 6.07) is 0. The van der Waals surface area contributed by atoms with Gasteiger partial charge in [0.25, 0.3) is 0 Å². The number of hydrogen-bond acceptors (Lipinski definition) is 3. The van der Waals surface area contributed by atoms with E-state index in [1.807, 2.05) is 0 Å². The molecule has 0 spiro atoms. The highest BCUT2D eigenvalue weighted by molar-refractivity contribution is 4.83. The third kappa shape index (κ3) is 2.92. The Bertz CT molecular complexity index is 204. The lowest BCUT2D eigenvalue weighted by atomic mass is 9.85. The summed E-state index contributed by atoms with van der Waals surface area (Å²) in [5.41, 5.74) is 6.07. The Labute approximate surface area is 93.0 Å². The van der Waals surface area contributed by atoms with Gasteiger partial charge in [-0.25, -0.2) is 0 Å². The van der Waals surface area contributed by atoms with Gasteiger partial charge >= 0.3 is 0 Å². The standard InChI is InChI=1S/C12H24N2O/c1-12(9-15-10-12)4-7-14-6-3-11(8-14)2-5-13/h11H,2-10,13H2,1H3. The second kappa shape index (κ2) is 4.81. The van der Waals surface area contributed by atoms with E-state index in [2.05, 4.69) is 11.8 Å². The summed E-state index contributed by atoms with van der Waals surface area (Å²) in [6.07, 6.45) is 3.85. The Morgan fingerprint density at radius 2 is 2.27 bits per heavy atom. The lowest BCUT2D eigenvalue weighted by Crippen LogP contribution is -2.42. The Morgan fingerprint density at radius 3 is 2.87 bits per heavy atom. The van der Waals surface area contributed by atoms with Crippen molar-refractivity contribution in [1.82, 2.24) is 4.90 Å². The molecule has 3 nitrogen and oxygen atoms in total. The van der Waals surface area contributed by atoms with Crippen molar-refractivity contribution < 1.29 is 4.74 Å². The van der Waals surface area contributed by atoms with Crippen molar-refractivity contribution in [2.45, 2.75) is 26.2 Å². The predicted molar refractivity (Wildman–Crippen MR) is 61.8 cm³/mol. The summed E-state index contributed by atoms with van der Waals surface area (Å²) >= 11 is 0. The van der Waals surface area contributed by atoms with Gasteiger partial charge in [0.15, 0.2) is 0 Å². The molecule has 2 saturated heterocycles. The first-order chi connectivity index (χ1) is 7.22. The summed E-state index contributed by atoms with van der Waals surface area (Å²) in [4.78, 5) is 2.60. The topological polar surface area (TPSA) is 38.5 Å². The second-order valence-electron chi connectivity index (χ2n) is 5.59. The number of ether oxygens (including phenoxy) is 1. The molecule has 0 amide bonds. The van der Waals surface area contributed by atoms with Crippen LogP contribution in [0.15, 0.2) is 0 Å². The number of hydrogen-bond donors (Lipinski definition) is 1. The van der Waals surface area contributed by atoms with Crippen molar-refractivity contribution in [2.24, 2.45) is 17.1 Å². The van der Waals surface area contributed by atoms with Gasteiger partial charge in [-0.15, -0.1) is 0 Å². The molecule has 0 aromatic rings. The SMILES string of the molecule is CC1(CCN2CCC(CCN)C2)COC1. The van der Waals surface area contributed by atoms with Crippen molar-refractivity contribution in [2.75, 3.05) is 39.4 Å². The Hall–Kier alpha value is -0.120. The van der Waals surface area contributed by atoms with Crippen LogP contribution in [0.5, 0.6) is 0 Å². The molecule has 1 unspecified atom stereocenters. The largest absolute Gasteiger partial charge is 0.380 e. The Morgan fingerprint density at radius 1 is 1.47 bits per heavy atom. The van der Waals surface area contributed by atoms with E-state index in [1.54, 1.807) is 0 Å². The third-order valence-corrected chi connectivity index (χ3v) is 3.88. The molecule has 0 bridgehead atoms. The lowest BCUT2D eigenvalue weighted by molar-refractivity contribution is -0.108. The maximum atomic E-state index is 5.59. The first-order valence-corrected chi connectivity index (χ1v) is 6.22. The molecule has 1 atom stereocenters. The van der Waals surface area contributed by atoms with Crippen LogP contribution in [0.25, 0.3) is 0 Å². The van der Waals surface area contributed by atoms with Gasteiger partial charge in [-0.3, -0.25) is 0 Å². The van der Waals surface area contributed by atoms with Crippen molar-refractivity contribution >= 4 is 0 Å². The van der Waals surface area contributed by atoms with Crippen molar-refractivity contribution in [3.05, 3.63) is 0 Å². The van der Waals surface area contributed by atoms with Crippen LogP contribution < -0.4 is 5.73 Å². The minimum Gasteiger partial charge on any atom is -0.380 e. The third-order valence-electron chi connectivity index (χ3n) is 3.88. The van der Waals surface area contributed by atoms with Gasteiger partial charge in [-0.2, -0.15) is 0 Å². The molecule has 15 heavy (non-hydrogen) atoms. The van der Waals surface area contributed by atoms with Crippen LogP contribution >= 0.6 is 0 Å². The molecular weight excluding hydrogens is 188 g/mol. The summed E-state index contributed by atoms with van der Waals surface area (Å²) in [5.74, 6) is 0.862. The number of likely N-dealkylation sites (tertiary alicyclic amines) is 1. The fourth-order valence-electron chi connectivity index (χ4n) is 2.61. The van der Waals surface area contributed by atoms with Crippen molar-refractivity contribution in [3.8, 4) is 0 Å². The second-order valence-corrected chi connectivity index (χ2v) is 5.59. The molecule has 0 saturated carbocycles. The molecule has 2 fully saturated rings. The van der Waals surface area contributed by atoms with Gasteiger partial charge < -0.3 is 15.4 Å². The van der Waals surface area contributed by atoms with Gasteiger partial charge in [-0.05, 0) is 44.8 Å². The van der Waals surface area contributed by atoms with E-state index in [0.717, 1.165) is 25.7 Å². The minimum atomic E-state index is 0.478. The molecule has 0 aromatic heterocycles. The highest BCUT2D eigenvalue weighted by Crippen LogP contribution is 2.31. The van der Waals surface area contributed by atoms with Gasteiger partial charge in [-0.1, -0.05) is 6.92 Å². The zero-order valence-corrected chi connectivity index (χ0v) is 9.87. The van der Waals surface area contributed by atoms with Gasteiger partial charge in [0.1, 0.15) is 0 Å². The van der Waals surface area contributed by atoms with Crippen LogP contribution in [0.3, 0.4) is 0 Å². The number of rotatable bonds is 5. The van der Waals surface area contributed by atoms with E-state index in [4.69, 9.17) is 10.5 Å². The first-order valence-electron chi connectivity index (χ1n) is 6.22. The van der Waals surface area contributed by atoms with Crippen LogP contribution in [0.1, 0.15) is 26.2 Å². The van der Waals surface area contributed by atoms with Gasteiger partial charge in [0.05, 0.1) is 13.2 Å². The average Bonchev–Trinajstić information content (AvgIpc) is 2.60. The first kappa shape index (κ1) is 11.4. The van der Waals surface area contributed by atoms with Gasteiger partial charge in [0, 0.05) is 12.0 Å². The van der Waals surface area contributed by atoms with E-state index in [9.17, 15) is 0 Å². The van der Waals surface area contributed by atoms with Gasteiger partial charge in [0.2, 0.25) is 0 Å². The maximum Gasteiger partial charge on any atom is 0.0542 e. The van der Waals surface area contributed by atoms with Crippen molar-refractivity contribution in [3.63, 3.8) is 0 Å². The summed E-state index contributed by atoms with van der Waals surface area (Å²) < 4.78 is 5.28. The fourth-order valence-corrected chi connectivity index (χ4v) is 2.61. The number of nitrogens with zero attached hydrogens (tertiary/aromatic N) is 1. The Balaban J connectivity index is 1.64. The molecular formula is C12H24N2O. The smallest absolute Gasteiger partial charge is 0.0542 e. The molecule has 0 aliphatic carbocycles. The normalized spacial score (nSPS) is 30.4. The minimum absolute atomic E-state index is 0.478. The summed E-state index contributed by atoms with van der Waals surface area (Å²) in [6.45, 7) is 8.92. The predicted octanol–water partition coefficient (Wildman–Crippen LogP) is 1.08. The molecule has 2 aliphatic heterocycles. The van der Waals surface area contributed by atoms with E-state index in [-0.39, 0.29) is 0 Å². The molecule has 0 aromatic carbocycles. The van der Waals surface area contributed by atoms with Crippen LogP contribution in [0.2, 0.25) is 0 Å². The monoisotopic (exact) mass is 212 g/mol. The summed E-state index contributed by atoms with van der Waals surface area (Å²) in [7, 11) is 0. The molecule has 0 radical (unpaired) electrons. The maximum absolute atomic E-state index is 5.59. The Kier molecular flexibility index (Phi) is 3.65. The van der Waals surface area contributed by atoms with Crippen LogP contribution in [0.4, 0.5) is 0 Å². The van der Waals surface area contributed by atoms with Crippen LogP contribution in [-0.2, 0) is 4.74 Å².